The SMILES string of the molecule is Brc1cccc2c(CNC3CCCC3)csc12. The Morgan fingerprint density at radius 1 is 1.29 bits per heavy atom. The fourth-order valence-corrected chi connectivity index (χ4v) is 4.22. The molecule has 0 aliphatic heterocycles. The molecular weight excluding hydrogens is 294 g/mol. The lowest BCUT2D eigenvalue weighted by Crippen LogP contribution is -2.25. The van der Waals surface area contributed by atoms with Crippen molar-refractivity contribution < 1.29 is 0 Å². The minimum Gasteiger partial charge on any atom is -0.310 e. The molecule has 0 bridgehead atoms. The number of hydrogen-bond acceptors (Lipinski definition) is 2. The number of benzene rings is 1. The molecule has 0 radical (unpaired) electrons. The van der Waals surface area contributed by atoms with Crippen LogP contribution in [-0.4, -0.2) is 6.04 Å². The van der Waals surface area contributed by atoms with Crippen molar-refractivity contribution in [1.82, 2.24) is 5.32 Å². The molecule has 1 fully saturated rings. The van der Waals surface area contributed by atoms with Gasteiger partial charge in [-0.15, -0.1) is 11.3 Å². The van der Waals surface area contributed by atoms with Crippen LogP contribution in [0, 0.1) is 0 Å². The smallest absolute Gasteiger partial charge is 0.0488 e. The summed E-state index contributed by atoms with van der Waals surface area (Å²) >= 11 is 5.45. The summed E-state index contributed by atoms with van der Waals surface area (Å²) in [6, 6.07) is 7.21. The molecule has 3 rings (SSSR count). The van der Waals surface area contributed by atoms with E-state index in [4.69, 9.17) is 0 Å². The van der Waals surface area contributed by atoms with E-state index in [2.05, 4.69) is 44.8 Å². The summed E-state index contributed by atoms with van der Waals surface area (Å²) in [5.41, 5.74) is 1.44. The summed E-state index contributed by atoms with van der Waals surface area (Å²) in [5.74, 6) is 0. The third kappa shape index (κ3) is 2.42. The molecule has 1 N–H and O–H groups in total. The molecule has 0 saturated heterocycles. The van der Waals surface area contributed by atoms with Crippen LogP contribution < -0.4 is 5.32 Å². The van der Waals surface area contributed by atoms with Crippen LogP contribution in [0.25, 0.3) is 10.1 Å². The number of rotatable bonds is 3. The first-order valence-electron chi connectivity index (χ1n) is 6.22. The lowest BCUT2D eigenvalue weighted by Gasteiger charge is -2.10. The molecule has 3 heteroatoms. The summed E-state index contributed by atoms with van der Waals surface area (Å²) in [6.45, 7) is 1.02. The fraction of sp³-hybridized carbons (Fsp3) is 0.429. The molecule has 1 saturated carbocycles. The molecule has 1 aromatic carbocycles. The monoisotopic (exact) mass is 309 g/mol. The largest absolute Gasteiger partial charge is 0.310 e. The van der Waals surface area contributed by atoms with Gasteiger partial charge < -0.3 is 5.32 Å². The first kappa shape index (κ1) is 11.7. The fourth-order valence-electron chi connectivity index (χ4n) is 2.60. The summed E-state index contributed by atoms with van der Waals surface area (Å²) in [6.07, 6.45) is 5.50. The van der Waals surface area contributed by atoms with Crippen LogP contribution in [0.15, 0.2) is 28.1 Å². The first-order valence-corrected chi connectivity index (χ1v) is 7.90. The van der Waals surface area contributed by atoms with Crippen LogP contribution in [0.4, 0.5) is 0 Å². The lowest BCUT2D eigenvalue weighted by molar-refractivity contribution is 0.526. The molecule has 1 aromatic heterocycles. The number of halogens is 1. The van der Waals surface area contributed by atoms with E-state index in [9.17, 15) is 0 Å². The molecule has 1 nitrogen and oxygen atoms in total. The maximum atomic E-state index is 3.69. The zero-order valence-corrected chi connectivity index (χ0v) is 12.1. The Morgan fingerprint density at radius 2 is 2.12 bits per heavy atom. The van der Waals surface area contributed by atoms with Gasteiger partial charge >= 0.3 is 0 Å². The Morgan fingerprint density at radius 3 is 2.94 bits per heavy atom. The van der Waals surface area contributed by atoms with E-state index in [-0.39, 0.29) is 0 Å². The number of fused-ring (bicyclic) bond motifs is 1. The quantitative estimate of drug-likeness (QED) is 0.867. The highest BCUT2D eigenvalue weighted by atomic mass is 79.9. The van der Waals surface area contributed by atoms with E-state index < -0.39 is 0 Å². The second kappa shape index (κ2) is 5.09. The molecule has 0 spiro atoms. The van der Waals surface area contributed by atoms with Gasteiger partial charge in [-0.2, -0.15) is 0 Å². The molecule has 90 valence electrons. The summed E-state index contributed by atoms with van der Waals surface area (Å²) in [4.78, 5) is 0. The molecule has 2 aromatic rings. The third-order valence-electron chi connectivity index (χ3n) is 3.57. The van der Waals surface area contributed by atoms with E-state index >= 15 is 0 Å². The zero-order valence-electron chi connectivity index (χ0n) is 9.71. The van der Waals surface area contributed by atoms with Gasteiger partial charge in [-0.1, -0.05) is 25.0 Å². The van der Waals surface area contributed by atoms with E-state index in [1.807, 2.05) is 11.3 Å². The van der Waals surface area contributed by atoms with Crippen molar-refractivity contribution in [2.45, 2.75) is 38.3 Å². The van der Waals surface area contributed by atoms with Crippen LogP contribution in [0.1, 0.15) is 31.2 Å². The zero-order chi connectivity index (χ0) is 11.7. The average Bonchev–Trinajstić information content (AvgIpc) is 2.95. The van der Waals surface area contributed by atoms with Crippen molar-refractivity contribution in [2.75, 3.05) is 0 Å². The van der Waals surface area contributed by atoms with Crippen molar-refractivity contribution in [2.24, 2.45) is 0 Å². The minimum atomic E-state index is 0.747. The van der Waals surface area contributed by atoms with Crippen molar-refractivity contribution in [3.8, 4) is 0 Å². The molecule has 1 aliphatic rings. The number of hydrogen-bond donors (Lipinski definition) is 1. The van der Waals surface area contributed by atoms with Crippen LogP contribution in [0.2, 0.25) is 0 Å². The topological polar surface area (TPSA) is 12.0 Å². The Bertz CT molecular complexity index is 514. The van der Waals surface area contributed by atoms with Gasteiger partial charge in [0.25, 0.3) is 0 Å². The minimum absolute atomic E-state index is 0.747. The van der Waals surface area contributed by atoms with E-state index in [0.717, 1.165) is 12.6 Å². The molecular formula is C14H16BrNS. The van der Waals surface area contributed by atoms with Gasteiger partial charge in [0.2, 0.25) is 0 Å². The Kier molecular flexibility index (Phi) is 3.50. The van der Waals surface area contributed by atoms with Gasteiger partial charge in [-0.3, -0.25) is 0 Å². The summed E-state index contributed by atoms with van der Waals surface area (Å²) < 4.78 is 2.59. The van der Waals surface area contributed by atoms with Crippen molar-refractivity contribution in [1.29, 1.82) is 0 Å². The molecule has 1 heterocycles. The number of thiophene rings is 1. The molecule has 0 unspecified atom stereocenters. The maximum absolute atomic E-state index is 3.69. The predicted octanol–water partition coefficient (Wildman–Crippen LogP) is 4.70. The van der Waals surface area contributed by atoms with Crippen molar-refractivity contribution in [3.05, 3.63) is 33.6 Å². The highest BCUT2D eigenvalue weighted by molar-refractivity contribution is 9.10. The number of nitrogens with one attached hydrogen (secondary N) is 1. The summed E-state index contributed by atoms with van der Waals surface area (Å²) in [5, 5.41) is 7.37. The van der Waals surface area contributed by atoms with Gasteiger partial charge in [-0.25, -0.2) is 0 Å². The van der Waals surface area contributed by atoms with Gasteiger partial charge in [-0.05, 0) is 51.2 Å². The van der Waals surface area contributed by atoms with Crippen LogP contribution in [0.5, 0.6) is 0 Å². The van der Waals surface area contributed by atoms with Crippen LogP contribution >= 0.6 is 27.3 Å². The van der Waals surface area contributed by atoms with Crippen LogP contribution in [0.3, 0.4) is 0 Å². The molecule has 1 aliphatic carbocycles. The van der Waals surface area contributed by atoms with Crippen LogP contribution in [-0.2, 0) is 6.54 Å². The maximum Gasteiger partial charge on any atom is 0.0488 e. The standard InChI is InChI=1S/C14H16BrNS/c15-13-7-3-6-12-10(9-17-14(12)13)8-16-11-4-1-2-5-11/h3,6-7,9,11,16H,1-2,4-5,8H2. The van der Waals surface area contributed by atoms with E-state index in [1.165, 1.54) is 45.8 Å². The Balaban J connectivity index is 1.78. The lowest BCUT2D eigenvalue weighted by atomic mass is 10.1. The molecule has 17 heavy (non-hydrogen) atoms. The first-order chi connectivity index (χ1) is 8.34. The normalized spacial score (nSPS) is 17.0. The second-order valence-corrected chi connectivity index (χ2v) is 6.47. The second-order valence-electron chi connectivity index (χ2n) is 4.74. The predicted molar refractivity (Wildman–Crippen MR) is 78.6 cm³/mol. The van der Waals surface area contributed by atoms with Gasteiger partial charge in [0, 0.05) is 21.8 Å². The Labute approximate surface area is 114 Å². The van der Waals surface area contributed by atoms with Crippen molar-refractivity contribution >= 4 is 37.4 Å². The van der Waals surface area contributed by atoms with E-state index in [0.29, 0.717) is 0 Å². The highest BCUT2D eigenvalue weighted by Gasteiger charge is 2.14. The highest BCUT2D eigenvalue weighted by Crippen LogP contribution is 2.32. The van der Waals surface area contributed by atoms with E-state index in [1.54, 1.807) is 0 Å². The van der Waals surface area contributed by atoms with Gasteiger partial charge in [0.15, 0.2) is 0 Å². The summed E-state index contributed by atoms with van der Waals surface area (Å²) in [7, 11) is 0. The average molecular weight is 310 g/mol. The van der Waals surface area contributed by atoms with Crippen molar-refractivity contribution in [3.63, 3.8) is 0 Å². The Hall–Kier alpha value is -0.380. The third-order valence-corrected chi connectivity index (χ3v) is 5.57. The molecule has 0 atom stereocenters. The molecule has 0 amide bonds. The van der Waals surface area contributed by atoms with Gasteiger partial charge in [0.1, 0.15) is 0 Å². The van der Waals surface area contributed by atoms with Gasteiger partial charge in [0.05, 0.1) is 0 Å².